The van der Waals surface area contributed by atoms with E-state index in [9.17, 15) is 0 Å². The number of fused-ring (bicyclic) bond motifs is 1. The Kier molecular flexibility index (Phi) is 6.63. The van der Waals surface area contributed by atoms with Gasteiger partial charge < -0.3 is 9.80 Å². The molecule has 0 bridgehead atoms. The topological polar surface area (TPSA) is 51.3 Å². The van der Waals surface area contributed by atoms with Crippen LogP contribution in [0.25, 0.3) is 11.0 Å². The van der Waals surface area contributed by atoms with Crippen LogP contribution in [-0.2, 0) is 13.1 Å². The summed E-state index contributed by atoms with van der Waals surface area (Å²) >= 11 is 24.8. The number of nitrogens with zero attached hydrogens (tertiary/aromatic N) is 5. The number of hydrogen-bond donors (Lipinski definition) is 1. The van der Waals surface area contributed by atoms with Gasteiger partial charge in [-0.15, -0.1) is 0 Å². The number of aromatic nitrogens is 4. The van der Waals surface area contributed by atoms with Gasteiger partial charge in [0, 0.05) is 20.6 Å². The molecule has 6 nitrogen and oxygen atoms in total. The molecule has 0 saturated carbocycles. The monoisotopic (exact) mass is 521 g/mol. The number of quaternary nitrogens is 1. The second kappa shape index (κ2) is 9.65. The fourth-order valence-electron chi connectivity index (χ4n) is 4.21. The number of nitrogens with one attached hydrogen (secondary N) is 1. The fourth-order valence-corrected chi connectivity index (χ4v) is 5.15. The summed E-state index contributed by atoms with van der Waals surface area (Å²) in [5.41, 5.74) is 2.84. The predicted octanol–water partition coefficient (Wildman–Crippen LogP) is 4.39. The summed E-state index contributed by atoms with van der Waals surface area (Å²) in [5, 5.41) is 8.11. The van der Waals surface area contributed by atoms with Gasteiger partial charge in [-0.25, -0.2) is 14.6 Å². The van der Waals surface area contributed by atoms with Crippen molar-refractivity contribution in [3.05, 3.63) is 80.1 Å². The number of benzene rings is 2. The zero-order chi connectivity index (χ0) is 22.9. The first-order valence-electron chi connectivity index (χ1n) is 10.6. The van der Waals surface area contributed by atoms with Crippen LogP contribution >= 0.6 is 46.4 Å². The molecule has 33 heavy (non-hydrogen) atoms. The first kappa shape index (κ1) is 22.7. The number of halogens is 4. The van der Waals surface area contributed by atoms with Crippen LogP contribution in [-0.4, -0.2) is 45.9 Å². The molecule has 1 fully saturated rings. The highest BCUT2D eigenvalue weighted by atomic mass is 35.5. The lowest BCUT2D eigenvalue weighted by Crippen LogP contribution is -3.13. The maximum atomic E-state index is 6.37. The van der Waals surface area contributed by atoms with Gasteiger partial charge in [-0.2, -0.15) is 5.10 Å². The van der Waals surface area contributed by atoms with Gasteiger partial charge in [-0.3, -0.25) is 0 Å². The SMILES string of the molecule is Clc1ccc(Cn2ncc3c(N4CC[NH+](Cc5ccc(Cl)cc5Cl)CC4)ncnc32)c(Cl)c1. The Morgan fingerprint density at radius 2 is 1.52 bits per heavy atom. The van der Waals surface area contributed by atoms with Crippen molar-refractivity contribution in [2.45, 2.75) is 13.1 Å². The highest BCUT2D eigenvalue weighted by Gasteiger charge is 2.24. The standard InChI is InChI=1S/C23H20Cl4N6/c24-17-3-1-15(20(26)9-17)12-31-5-7-32(8-6-31)22-19-11-30-33(23(19)29-14-28-22)13-16-2-4-18(25)10-21(16)27/h1-4,9-11,14H,5-8,12-13H2/p+1. The number of hydrogen-bond acceptors (Lipinski definition) is 4. The minimum atomic E-state index is 0.510. The van der Waals surface area contributed by atoms with E-state index in [0.29, 0.717) is 21.6 Å². The molecular weight excluding hydrogens is 502 g/mol. The largest absolute Gasteiger partial charge is 0.345 e. The normalized spacial score (nSPS) is 14.8. The molecule has 4 aromatic rings. The molecule has 1 aliphatic rings. The maximum absolute atomic E-state index is 6.37. The summed E-state index contributed by atoms with van der Waals surface area (Å²) < 4.78 is 1.85. The zero-order valence-electron chi connectivity index (χ0n) is 17.6. The van der Waals surface area contributed by atoms with Crippen molar-refractivity contribution in [1.82, 2.24) is 19.7 Å². The molecule has 3 heterocycles. The molecule has 5 rings (SSSR count). The first-order chi connectivity index (χ1) is 16.0. The lowest BCUT2D eigenvalue weighted by Gasteiger charge is -2.33. The smallest absolute Gasteiger partial charge is 0.163 e. The first-order valence-corrected chi connectivity index (χ1v) is 12.1. The molecule has 0 radical (unpaired) electrons. The number of rotatable bonds is 5. The van der Waals surface area contributed by atoms with Crippen molar-refractivity contribution in [1.29, 1.82) is 0 Å². The highest BCUT2D eigenvalue weighted by Crippen LogP contribution is 2.26. The highest BCUT2D eigenvalue weighted by molar-refractivity contribution is 6.35. The molecule has 0 atom stereocenters. The van der Waals surface area contributed by atoms with Crippen molar-refractivity contribution >= 4 is 63.3 Å². The van der Waals surface area contributed by atoms with Crippen LogP contribution in [0, 0.1) is 0 Å². The van der Waals surface area contributed by atoms with E-state index in [4.69, 9.17) is 46.4 Å². The van der Waals surface area contributed by atoms with Crippen molar-refractivity contribution in [3.63, 3.8) is 0 Å². The van der Waals surface area contributed by atoms with E-state index in [1.54, 1.807) is 18.5 Å². The molecule has 1 saturated heterocycles. The summed E-state index contributed by atoms with van der Waals surface area (Å²) in [6.07, 6.45) is 3.44. The van der Waals surface area contributed by atoms with Crippen molar-refractivity contribution < 1.29 is 4.90 Å². The van der Waals surface area contributed by atoms with Gasteiger partial charge >= 0.3 is 0 Å². The van der Waals surface area contributed by atoms with E-state index in [1.165, 1.54) is 4.90 Å². The summed E-state index contributed by atoms with van der Waals surface area (Å²) in [7, 11) is 0. The second-order valence-corrected chi connectivity index (χ2v) is 9.81. The average Bonchev–Trinajstić information content (AvgIpc) is 3.21. The van der Waals surface area contributed by atoms with Gasteiger partial charge in [0.1, 0.15) is 18.7 Å². The van der Waals surface area contributed by atoms with Crippen LogP contribution in [0.2, 0.25) is 20.1 Å². The molecule has 0 unspecified atom stereocenters. The van der Waals surface area contributed by atoms with Crippen LogP contribution in [0.4, 0.5) is 5.82 Å². The molecule has 2 aromatic heterocycles. The van der Waals surface area contributed by atoms with Gasteiger partial charge in [0.05, 0.1) is 49.3 Å². The lowest BCUT2D eigenvalue weighted by atomic mass is 10.2. The Hall–Kier alpha value is -2.09. The van der Waals surface area contributed by atoms with E-state index in [-0.39, 0.29) is 0 Å². The Balaban J connectivity index is 1.30. The van der Waals surface area contributed by atoms with Gasteiger partial charge in [-0.05, 0) is 29.8 Å². The third-order valence-corrected chi connectivity index (χ3v) is 7.15. The third kappa shape index (κ3) is 4.91. The van der Waals surface area contributed by atoms with Crippen LogP contribution in [0.15, 0.2) is 48.9 Å². The van der Waals surface area contributed by atoms with Gasteiger partial charge in [0.15, 0.2) is 5.65 Å². The van der Waals surface area contributed by atoms with E-state index >= 15 is 0 Å². The van der Waals surface area contributed by atoms with E-state index in [2.05, 4.69) is 20.0 Å². The van der Waals surface area contributed by atoms with Crippen molar-refractivity contribution in [2.24, 2.45) is 0 Å². The number of piperazine rings is 1. The number of anilines is 1. The fraction of sp³-hybridized carbons (Fsp3) is 0.261. The van der Waals surface area contributed by atoms with Crippen LogP contribution < -0.4 is 9.80 Å². The Bertz CT molecular complexity index is 1300. The summed E-state index contributed by atoms with van der Waals surface area (Å²) in [4.78, 5) is 12.9. The molecule has 10 heteroatoms. The molecule has 1 aliphatic heterocycles. The predicted molar refractivity (Wildman–Crippen MR) is 134 cm³/mol. The molecule has 2 aromatic carbocycles. The molecule has 170 valence electrons. The van der Waals surface area contributed by atoms with Gasteiger partial charge in [0.2, 0.25) is 0 Å². The average molecular weight is 523 g/mol. The van der Waals surface area contributed by atoms with Crippen molar-refractivity contribution in [3.8, 4) is 0 Å². The molecule has 0 spiro atoms. The second-order valence-electron chi connectivity index (χ2n) is 8.12. The minimum absolute atomic E-state index is 0.510. The minimum Gasteiger partial charge on any atom is -0.345 e. The van der Waals surface area contributed by atoms with Gasteiger partial charge in [0.25, 0.3) is 0 Å². The lowest BCUT2D eigenvalue weighted by molar-refractivity contribution is -0.914. The third-order valence-electron chi connectivity index (χ3n) is 5.97. The van der Waals surface area contributed by atoms with E-state index < -0.39 is 0 Å². The molecular formula is C23H21Cl4N6+. The molecule has 1 N–H and O–H groups in total. The van der Waals surface area contributed by atoms with Crippen LogP contribution in [0.5, 0.6) is 0 Å². The van der Waals surface area contributed by atoms with Crippen LogP contribution in [0.3, 0.4) is 0 Å². The summed E-state index contributed by atoms with van der Waals surface area (Å²) in [5.74, 6) is 0.914. The molecule has 0 amide bonds. The Morgan fingerprint density at radius 1 is 0.848 bits per heavy atom. The quantitative estimate of drug-likeness (QED) is 0.422. The zero-order valence-corrected chi connectivity index (χ0v) is 20.6. The molecule has 0 aliphatic carbocycles. The maximum Gasteiger partial charge on any atom is 0.163 e. The summed E-state index contributed by atoms with van der Waals surface area (Å²) in [6, 6.07) is 11.2. The van der Waals surface area contributed by atoms with E-state index in [1.807, 2.05) is 35.1 Å². The Labute approximate surface area is 211 Å². The van der Waals surface area contributed by atoms with Gasteiger partial charge in [-0.1, -0.05) is 58.5 Å². The van der Waals surface area contributed by atoms with Crippen molar-refractivity contribution in [2.75, 3.05) is 31.1 Å². The Morgan fingerprint density at radius 3 is 2.18 bits per heavy atom. The van der Waals surface area contributed by atoms with E-state index in [0.717, 1.165) is 65.7 Å². The van der Waals surface area contributed by atoms with Crippen LogP contribution in [0.1, 0.15) is 11.1 Å². The summed E-state index contributed by atoms with van der Waals surface area (Å²) in [6.45, 7) is 5.14.